The Balaban J connectivity index is 2.82. The van der Waals surface area contributed by atoms with Crippen LogP contribution in [0.15, 0.2) is 24.3 Å². The zero-order valence-electron chi connectivity index (χ0n) is 9.83. The first-order valence-electron chi connectivity index (χ1n) is 5.24. The van der Waals surface area contributed by atoms with Gasteiger partial charge in [0.05, 0.1) is 5.56 Å². The Hall–Kier alpha value is -1.31. The lowest BCUT2D eigenvalue weighted by Gasteiger charge is -2.19. The number of ether oxygens (including phenoxy) is 1. The lowest BCUT2D eigenvalue weighted by molar-refractivity contribution is 0.00694. The Bertz CT molecular complexity index is 348. The Labute approximate surface area is 91.3 Å². The van der Waals surface area contributed by atoms with Crippen molar-refractivity contribution in [1.29, 1.82) is 0 Å². The van der Waals surface area contributed by atoms with Gasteiger partial charge in [-0.3, -0.25) is 0 Å². The van der Waals surface area contributed by atoms with Crippen LogP contribution in [-0.2, 0) is 11.2 Å². The van der Waals surface area contributed by atoms with Gasteiger partial charge in [0.15, 0.2) is 0 Å². The molecule has 0 fully saturated rings. The van der Waals surface area contributed by atoms with Crippen LogP contribution in [0.5, 0.6) is 0 Å². The molecule has 15 heavy (non-hydrogen) atoms. The third-order valence-corrected chi connectivity index (χ3v) is 1.97. The highest BCUT2D eigenvalue weighted by molar-refractivity contribution is 5.89. The van der Waals surface area contributed by atoms with Crippen LogP contribution in [-0.4, -0.2) is 11.6 Å². The highest BCUT2D eigenvalue weighted by Crippen LogP contribution is 2.13. The first kappa shape index (κ1) is 11.8. The fourth-order valence-electron chi connectivity index (χ4n) is 1.26. The van der Waals surface area contributed by atoms with E-state index in [1.807, 2.05) is 39.0 Å². The molecule has 0 aromatic heterocycles. The van der Waals surface area contributed by atoms with Gasteiger partial charge < -0.3 is 4.74 Å². The molecule has 0 spiro atoms. The molecule has 2 heteroatoms. The summed E-state index contributed by atoms with van der Waals surface area (Å²) in [6.07, 6.45) is 0.927. The molecule has 82 valence electrons. The van der Waals surface area contributed by atoms with Gasteiger partial charge >= 0.3 is 5.97 Å². The van der Waals surface area contributed by atoms with Crippen molar-refractivity contribution < 1.29 is 9.53 Å². The molecule has 1 aromatic rings. The van der Waals surface area contributed by atoms with Gasteiger partial charge in [0.1, 0.15) is 5.60 Å². The molecule has 0 N–H and O–H groups in total. The summed E-state index contributed by atoms with van der Waals surface area (Å²) >= 11 is 0. The average molecular weight is 206 g/mol. The van der Waals surface area contributed by atoms with Gasteiger partial charge in [0.25, 0.3) is 0 Å². The Morgan fingerprint density at radius 3 is 2.53 bits per heavy atom. The molecular weight excluding hydrogens is 188 g/mol. The van der Waals surface area contributed by atoms with E-state index in [9.17, 15) is 4.79 Å². The summed E-state index contributed by atoms with van der Waals surface area (Å²) in [5.74, 6) is -0.252. The van der Waals surface area contributed by atoms with Crippen LogP contribution >= 0.6 is 0 Å². The maximum Gasteiger partial charge on any atom is 0.338 e. The van der Waals surface area contributed by atoms with Crippen molar-refractivity contribution in [3.63, 3.8) is 0 Å². The minimum absolute atomic E-state index is 0.252. The van der Waals surface area contributed by atoms with Crippen LogP contribution in [0.1, 0.15) is 43.6 Å². The van der Waals surface area contributed by atoms with Crippen molar-refractivity contribution in [3.8, 4) is 0 Å². The number of rotatable bonds is 2. The van der Waals surface area contributed by atoms with E-state index in [1.165, 1.54) is 0 Å². The molecule has 0 heterocycles. The number of aryl methyl sites for hydroxylation is 1. The normalized spacial score (nSPS) is 11.2. The number of carbonyl (C=O) groups is 1. The number of esters is 1. The predicted octanol–water partition coefficient (Wildman–Crippen LogP) is 3.20. The van der Waals surface area contributed by atoms with E-state index >= 15 is 0 Å². The van der Waals surface area contributed by atoms with Crippen molar-refractivity contribution in [2.75, 3.05) is 0 Å². The second-order valence-electron chi connectivity index (χ2n) is 4.56. The van der Waals surface area contributed by atoms with E-state index < -0.39 is 5.60 Å². The van der Waals surface area contributed by atoms with E-state index in [2.05, 4.69) is 6.92 Å². The SMILES string of the molecule is CCc1cccc(C(=O)OC(C)(C)C)c1. The summed E-state index contributed by atoms with van der Waals surface area (Å²) in [5, 5.41) is 0. The summed E-state index contributed by atoms with van der Waals surface area (Å²) < 4.78 is 5.28. The molecule has 2 nitrogen and oxygen atoms in total. The third-order valence-electron chi connectivity index (χ3n) is 1.97. The molecule has 0 saturated carbocycles. The molecule has 0 saturated heterocycles. The molecule has 1 rings (SSSR count). The van der Waals surface area contributed by atoms with Crippen LogP contribution in [0.3, 0.4) is 0 Å². The smallest absolute Gasteiger partial charge is 0.338 e. The minimum Gasteiger partial charge on any atom is -0.456 e. The Kier molecular flexibility index (Phi) is 3.51. The van der Waals surface area contributed by atoms with Gasteiger partial charge in [-0.15, -0.1) is 0 Å². The maximum atomic E-state index is 11.7. The summed E-state index contributed by atoms with van der Waals surface area (Å²) in [6.45, 7) is 7.67. The van der Waals surface area contributed by atoms with Gasteiger partial charge in [-0.25, -0.2) is 4.79 Å². The van der Waals surface area contributed by atoms with Crippen molar-refractivity contribution >= 4 is 5.97 Å². The molecule has 0 radical (unpaired) electrons. The third kappa shape index (κ3) is 3.74. The molecule has 1 aromatic carbocycles. The van der Waals surface area contributed by atoms with Crippen molar-refractivity contribution in [3.05, 3.63) is 35.4 Å². The monoisotopic (exact) mass is 206 g/mol. The maximum absolute atomic E-state index is 11.7. The van der Waals surface area contributed by atoms with Gasteiger partial charge in [-0.1, -0.05) is 19.1 Å². The highest BCUT2D eigenvalue weighted by Gasteiger charge is 2.17. The average Bonchev–Trinajstić information content (AvgIpc) is 2.15. The first-order valence-corrected chi connectivity index (χ1v) is 5.24. The Morgan fingerprint density at radius 1 is 1.33 bits per heavy atom. The molecule has 0 amide bonds. The minimum atomic E-state index is -0.431. The van der Waals surface area contributed by atoms with Gasteiger partial charge in [0, 0.05) is 0 Å². The first-order chi connectivity index (χ1) is 6.92. The van der Waals surface area contributed by atoms with E-state index in [-0.39, 0.29) is 5.97 Å². The van der Waals surface area contributed by atoms with Gasteiger partial charge in [-0.2, -0.15) is 0 Å². The summed E-state index contributed by atoms with van der Waals surface area (Å²) in [7, 11) is 0. The zero-order chi connectivity index (χ0) is 11.5. The molecular formula is C13H18O2. The molecule has 0 aliphatic heterocycles. The number of carbonyl (C=O) groups excluding carboxylic acids is 1. The second kappa shape index (κ2) is 4.47. The fourth-order valence-corrected chi connectivity index (χ4v) is 1.26. The van der Waals surface area contributed by atoms with Crippen LogP contribution < -0.4 is 0 Å². The lowest BCUT2D eigenvalue weighted by atomic mass is 10.1. The molecule has 0 atom stereocenters. The molecule has 0 bridgehead atoms. The van der Waals surface area contributed by atoms with Crippen molar-refractivity contribution in [2.24, 2.45) is 0 Å². The zero-order valence-corrected chi connectivity index (χ0v) is 9.83. The predicted molar refractivity (Wildman–Crippen MR) is 61.0 cm³/mol. The Morgan fingerprint density at radius 2 is 2.00 bits per heavy atom. The summed E-state index contributed by atoms with van der Waals surface area (Å²) in [5.41, 5.74) is 1.35. The number of benzene rings is 1. The standard InChI is InChI=1S/C13H18O2/c1-5-10-7-6-8-11(9-10)12(14)15-13(2,3)4/h6-9H,5H2,1-4H3. The molecule has 0 aliphatic rings. The van der Waals surface area contributed by atoms with Crippen LogP contribution in [0.25, 0.3) is 0 Å². The van der Waals surface area contributed by atoms with E-state index in [4.69, 9.17) is 4.74 Å². The molecule has 0 unspecified atom stereocenters. The number of hydrogen-bond donors (Lipinski definition) is 0. The van der Waals surface area contributed by atoms with Crippen molar-refractivity contribution in [2.45, 2.75) is 39.7 Å². The van der Waals surface area contributed by atoms with E-state index in [0.29, 0.717) is 5.56 Å². The fraction of sp³-hybridized carbons (Fsp3) is 0.462. The van der Waals surface area contributed by atoms with Crippen molar-refractivity contribution in [1.82, 2.24) is 0 Å². The van der Waals surface area contributed by atoms with E-state index in [1.54, 1.807) is 6.07 Å². The number of hydrogen-bond acceptors (Lipinski definition) is 2. The van der Waals surface area contributed by atoms with Gasteiger partial charge in [0.2, 0.25) is 0 Å². The van der Waals surface area contributed by atoms with Crippen LogP contribution in [0.2, 0.25) is 0 Å². The topological polar surface area (TPSA) is 26.3 Å². The van der Waals surface area contributed by atoms with Crippen LogP contribution in [0.4, 0.5) is 0 Å². The van der Waals surface area contributed by atoms with Gasteiger partial charge in [-0.05, 0) is 44.9 Å². The van der Waals surface area contributed by atoms with E-state index in [0.717, 1.165) is 12.0 Å². The summed E-state index contributed by atoms with van der Waals surface area (Å²) in [4.78, 5) is 11.7. The largest absolute Gasteiger partial charge is 0.456 e. The molecule has 0 aliphatic carbocycles. The van der Waals surface area contributed by atoms with Crippen LogP contribution in [0, 0.1) is 0 Å². The summed E-state index contributed by atoms with van der Waals surface area (Å²) in [6, 6.07) is 7.56. The second-order valence-corrected chi connectivity index (χ2v) is 4.56. The quantitative estimate of drug-likeness (QED) is 0.694. The highest BCUT2D eigenvalue weighted by atomic mass is 16.6. The lowest BCUT2D eigenvalue weighted by Crippen LogP contribution is -2.23.